The lowest BCUT2D eigenvalue weighted by molar-refractivity contribution is 0.102. The van der Waals surface area contributed by atoms with E-state index in [1.165, 1.54) is 0 Å². The number of nitrogens with zero attached hydrogens (tertiary/aromatic N) is 1. The lowest BCUT2D eigenvalue weighted by Gasteiger charge is -2.30. The van der Waals surface area contributed by atoms with Crippen LogP contribution in [-0.2, 0) is 4.74 Å². The SMILES string of the molecule is COc1ccc(Sc2ccc(NC(=O)c3ccccc3N3CCOCC3)cc2)cc1. The van der Waals surface area contributed by atoms with Crippen LogP contribution < -0.4 is 15.0 Å². The number of anilines is 2. The standard InChI is InChI=1S/C24H24N2O3S/c1-28-19-8-12-21(13-9-19)30-20-10-6-18(7-11-20)25-24(27)22-4-2-3-5-23(22)26-14-16-29-17-15-26/h2-13H,14-17H2,1H3,(H,25,27). The van der Waals surface area contributed by atoms with Gasteiger partial charge in [-0.15, -0.1) is 0 Å². The number of nitrogens with one attached hydrogen (secondary N) is 1. The number of ether oxygens (including phenoxy) is 2. The van der Waals surface area contributed by atoms with Crippen LogP contribution in [0.15, 0.2) is 82.6 Å². The number of hydrogen-bond donors (Lipinski definition) is 1. The molecule has 3 aromatic carbocycles. The van der Waals surface area contributed by atoms with E-state index in [0.29, 0.717) is 18.8 Å². The summed E-state index contributed by atoms with van der Waals surface area (Å²) in [6.07, 6.45) is 0. The Morgan fingerprint density at radius 3 is 2.23 bits per heavy atom. The first-order chi connectivity index (χ1) is 14.7. The van der Waals surface area contributed by atoms with Crippen molar-refractivity contribution in [2.24, 2.45) is 0 Å². The average Bonchev–Trinajstić information content (AvgIpc) is 2.81. The Bertz CT molecular complexity index is 984. The normalized spacial score (nSPS) is 13.7. The van der Waals surface area contributed by atoms with E-state index in [-0.39, 0.29) is 5.91 Å². The van der Waals surface area contributed by atoms with E-state index in [2.05, 4.69) is 10.2 Å². The molecule has 0 unspecified atom stereocenters. The zero-order valence-electron chi connectivity index (χ0n) is 16.8. The van der Waals surface area contributed by atoms with Gasteiger partial charge in [0.25, 0.3) is 5.91 Å². The zero-order chi connectivity index (χ0) is 20.8. The van der Waals surface area contributed by atoms with Crippen LogP contribution in [0.2, 0.25) is 0 Å². The van der Waals surface area contributed by atoms with Gasteiger partial charge in [-0.1, -0.05) is 23.9 Å². The molecule has 0 atom stereocenters. The van der Waals surface area contributed by atoms with Crippen LogP contribution in [0.25, 0.3) is 0 Å². The third-order valence-electron chi connectivity index (χ3n) is 4.91. The molecule has 1 heterocycles. The highest BCUT2D eigenvalue weighted by Crippen LogP contribution is 2.30. The monoisotopic (exact) mass is 420 g/mol. The van der Waals surface area contributed by atoms with Gasteiger partial charge in [-0.05, 0) is 60.7 Å². The maximum absolute atomic E-state index is 12.9. The second kappa shape index (κ2) is 9.69. The van der Waals surface area contributed by atoms with Crippen molar-refractivity contribution in [2.45, 2.75) is 9.79 Å². The molecule has 3 aromatic rings. The summed E-state index contributed by atoms with van der Waals surface area (Å²) in [5, 5.41) is 3.02. The molecule has 1 aliphatic heterocycles. The third kappa shape index (κ3) is 4.96. The Hall–Kier alpha value is -2.96. The zero-order valence-corrected chi connectivity index (χ0v) is 17.7. The minimum absolute atomic E-state index is 0.104. The summed E-state index contributed by atoms with van der Waals surface area (Å²) < 4.78 is 10.6. The summed E-state index contributed by atoms with van der Waals surface area (Å²) in [5.41, 5.74) is 2.40. The first kappa shape index (κ1) is 20.3. The fourth-order valence-corrected chi connectivity index (χ4v) is 4.15. The molecule has 30 heavy (non-hydrogen) atoms. The van der Waals surface area contributed by atoms with E-state index in [4.69, 9.17) is 9.47 Å². The quantitative estimate of drug-likeness (QED) is 0.612. The summed E-state index contributed by atoms with van der Waals surface area (Å²) in [6.45, 7) is 2.95. The van der Waals surface area contributed by atoms with Gasteiger partial charge >= 0.3 is 0 Å². The third-order valence-corrected chi connectivity index (χ3v) is 5.92. The molecular formula is C24H24N2O3S. The Labute approximate surface area is 181 Å². The molecule has 1 amide bonds. The van der Waals surface area contributed by atoms with Crippen molar-refractivity contribution >= 4 is 29.0 Å². The van der Waals surface area contributed by atoms with Crippen LogP contribution in [0, 0.1) is 0 Å². The molecule has 0 aliphatic carbocycles. The smallest absolute Gasteiger partial charge is 0.257 e. The Morgan fingerprint density at radius 2 is 1.57 bits per heavy atom. The molecule has 4 rings (SSSR count). The van der Waals surface area contributed by atoms with Crippen molar-refractivity contribution in [1.82, 2.24) is 0 Å². The molecule has 154 valence electrons. The predicted octanol–water partition coefficient (Wildman–Crippen LogP) is 4.94. The van der Waals surface area contributed by atoms with Crippen LogP contribution in [0.4, 0.5) is 11.4 Å². The summed E-state index contributed by atoms with van der Waals surface area (Å²) in [6, 6.07) is 23.6. The van der Waals surface area contributed by atoms with Gasteiger partial charge in [-0.2, -0.15) is 0 Å². The largest absolute Gasteiger partial charge is 0.497 e. The number of carbonyl (C=O) groups is 1. The highest BCUT2D eigenvalue weighted by molar-refractivity contribution is 7.99. The second-order valence-corrected chi connectivity index (χ2v) is 8.02. The first-order valence-corrected chi connectivity index (χ1v) is 10.7. The molecule has 6 heteroatoms. The van der Waals surface area contributed by atoms with E-state index in [1.54, 1.807) is 18.9 Å². The number of rotatable bonds is 6. The Morgan fingerprint density at radius 1 is 0.933 bits per heavy atom. The van der Waals surface area contributed by atoms with Gasteiger partial charge in [-0.25, -0.2) is 0 Å². The molecular weight excluding hydrogens is 396 g/mol. The predicted molar refractivity (Wildman–Crippen MR) is 121 cm³/mol. The molecule has 5 nitrogen and oxygen atoms in total. The van der Waals surface area contributed by atoms with Crippen molar-refractivity contribution in [3.63, 3.8) is 0 Å². The van der Waals surface area contributed by atoms with Crippen molar-refractivity contribution < 1.29 is 14.3 Å². The maximum Gasteiger partial charge on any atom is 0.257 e. The second-order valence-electron chi connectivity index (χ2n) is 6.87. The molecule has 0 saturated carbocycles. The Kier molecular flexibility index (Phi) is 6.57. The van der Waals surface area contributed by atoms with Crippen molar-refractivity contribution in [1.29, 1.82) is 0 Å². The fourth-order valence-electron chi connectivity index (χ4n) is 3.33. The maximum atomic E-state index is 12.9. The van der Waals surface area contributed by atoms with E-state index >= 15 is 0 Å². The van der Waals surface area contributed by atoms with Gasteiger partial charge < -0.3 is 19.7 Å². The lowest BCUT2D eigenvalue weighted by atomic mass is 10.1. The minimum Gasteiger partial charge on any atom is -0.497 e. The molecule has 0 spiro atoms. The van der Waals surface area contributed by atoms with Gasteiger partial charge in [0.2, 0.25) is 0 Å². The number of methoxy groups -OCH3 is 1. The highest BCUT2D eigenvalue weighted by Gasteiger charge is 2.18. The van der Waals surface area contributed by atoms with Gasteiger partial charge in [-0.3, -0.25) is 4.79 Å². The highest BCUT2D eigenvalue weighted by atomic mass is 32.2. The van der Waals surface area contributed by atoms with Crippen molar-refractivity contribution in [3.05, 3.63) is 78.4 Å². The van der Waals surface area contributed by atoms with Crippen LogP contribution in [0.5, 0.6) is 5.75 Å². The molecule has 1 aliphatic rings. The minimum atomic E-state index is -0.104. The van der Waals surface area contributed by atoms with E-state index in [9.17, 15) is 4.79 Å². The number of carbonyl (C=O) groups excluding carboxylic acids is 1. The molecule has 0 aromatic heterocycles. The fraction of sp³-hybridized carbons (Fsp3) is 0.208. The van der Waals surface area contributed by atoms with Gasteiger partial charge in [0.1, 0.15) is 5.75 Å². The number of morpholine rings is 1. The average molecular weight is 421 g/mol. The summed E-state index contributed by atoms with van der Waals surface area (Å²) >= 11 is 1.67. The van der Waals surface area contributed by atoms with Crippen LogP contribution in [0.3, 0.4) is 0 Å². The van der Waals surface area contributed by atoms with Crippen LogP contribution in [-0.4, -0.2) is 39.3 Å². The number of amides is 1. The van der Waals surface area contributed by atoms with E-state index in [1.807, 2.05) is 72.8 Å². The molecule has 1 fully saturated rings. The van der Waals surface area contributed by atoms with Crippen molar-refractivity contribution in [2.75, 3.05) is 43.6 Å². The number of para-hydroxylation sites is 1. The van der Waals surface area contributed by atoms with Crippen LogP contribution in [0.1, 0.15) is 10.4 Å². The van der Waals surface area contributed by atoms with Crippen LogP contribution >= 0.6 is 11.8 Å². The summed E-state index contributed by atoms with van der Waals surface area (Å²) in [4.78, 5) is 17.4. The van der Waals surface area contributed by atoms with E-state index in [0.717, 1.165) is 40.0 Å². The van der Waals surface area contributed by atoms with Crippen molar-refractivity contribution in [3.8, 4) is 5.75 Å². The number of benzene rings is 3. The van der Waals surface area contributed by atoms with Gasteiger partial charge in [0.15, 0.2) is 0 Å². The Balaban J connectivity index is 1.42. The summed E-state index contributed by atoms with van der Waals surface area (Å²) in [7, 11) is 1.66. The molecule has 1 N–H and O–H groups in total. The van der Waals surface area contributed by atoms with Gasteiger partial charge in [0.05, 0.1) is 25.9 Å². The molecule has 0 bridgehead atoms. The molecule has 1 saturated heterocycles. The van der Waals surface area contributed by atoms with E-state index < -0.39 is 0 Å². The summed E-state index contributed by atoms with van der Waals surface area (Å²) in [5.74, 6) is 0.738. The number of hydrogen-bond acceptors (Lipinski definition) is 5. The lowest BCUT2D eigenvalue weighted by Crippen LogP contribution is -2.37. The van der Waals surface area contributed by atoms with Gasteiger partial charge in [0, 0.05) is 34.3 Å². The first-order valence-electron chi connectivity index (χ1n) is 9.88. The topological polar surface area (TPSA) is 50.8 Å². The molecule has 0 radical (unpaired) electrons.